The third-order valence-electron chi connectivity index (χ3n) is 5.47. The molecule has 1 aliphatic heterocycles. The summed E-state index contributed by atoms with van der Waals surface area (Å²) < 4.78 is 7.99. The van der Waals surface area contributed by atoms with Gasteiger partial charge in [-0.05, 0) is 37.3 Å². The van der Waals surface area contributed by atoms with Crippen LogP contribution in [0.5, 0.6) is 0 Å². The van der Waals surface area contributed by atoms with Gasteiger partial charge in [-0.25, -0.2) is 9.50 Å². The van der Waals surface area contributed by atoms with Crippen molar-refractivity contribution in [2.45, 2.75) is 19.4 Å². The van der Waals surface area contributed by atoms with Crippen LogP contribution in [0.1, 0.15) is 28.8 Å². The summed E-state index contributed by atoms with van der Waals surface area (Å²) in [6.07, 6.45) is 5.97. The van der Waals surface area contributed by atoms with Crippen molar-refractivity contribution in [3.63, 3.8) is 0 Å². The van der Waals surface area contributed by atoms with E-state index in [0.717, 1.165) is 40.3 Å². The summed E-state index contributed by atoms with van der Waals surface area (Å²) in [4.78, 5) is 14.1. The van der Waals surface area contributed by atoms with Crippen molar-refractivity contribution < 1.29 is 4.42 Å². The molecule has 6 rings (SSSR count). The van der Waals surface area contributed by atoms with E-state index in [2.05, 4.69) is 42.2 Å². The van der Waals surface area contributed by atoms with E-state index in [1.54, 1.807) is 18.7 Å². The highest BCUT2D eigenvalue weighted by Crippen LogP contribution is 2.37. The number of aromatic nitrogens is 7. The highest BCUT2D eigenvalue weighted by Gasteiger charge is 2.36. The van der Waals surface area contributed by atoms with E-state index >= 15 is 0 Å². The van der Waals surface area contributed by atoms with Gasteiger partial charge >= 0.3 is 6.01 Å². The van der Waals surface area contributed by atoms with E-state index in [-0.39, 0.29) is 6.04 Å². The van der Waals surface area contributed by atoms with E-state index in [1.165, 1.54) is 0 Å². The van der Waals surface area contributed by atoms with Gasteiger partial charge in [-0.1, -0.05) is 11.2 Å². The molecule has 9 nitrogen and oxygen atoms in total. The van der Waals surface area contributed by atoms with Crippen LogP contribution < -0.4 is 4.90 Å². The van der Waals surface area contributed by atoms with E-state index in [1.807, 2.05) is 35.7 Å². The van der Waals surface area contributed by atoms with Crippen molar-refractivity contribution in [2.24, 2.45) is 0 Å². The first kappa shape index (κ1) is 16.9. The second-order valence-electron chi connectivity index (χ2n) is 7.32. The Morgan fingerprint density at radius 2 is 2.13 bits per heavy atom. The van der Waals surface area contributed by atoms with Gasteiger partial charge in [0.15, 0.2) is 0 Å². The predicted molar refractivity (Wildman–Crippen MR) is 109 cm³/mol. The first-order chi connectivity index (χ1) is 14.8. The molecule has 0 amide bonds. The van der Waals surface area contributed by atoms with E-state index < -0.39 is 0 Å². The summed E-state index contributed by atoms with van der Waals surface area (Å²) in [6.45, 7) is 2.75. The summed E-state index contributed by atoms with van der Waals surface area (Å²) in [7, 11) is 0. The van der Waals surface area contributed by atoms with Crippen LogP contribution in [0.4, 0.5) is 6.01 Å². The molecule has 0 unspecified atom stereocenters. The molecule has 0 bridgehead atoms. The summed E-state index contributed by atoms with van der Waals surface area (Å²) >= 11 is 0. The Morgan fingerprint density at radius 1 is 1.17 bits per heavy atom. The fourth-order valence-corrected chi connectivity index (χ4v) is 4.03. The molecule has 0 saturated heterocycles. The average Bonchev–Trinajstić information content (AvgIpc) is 3.52. The number of nitrogens with zero attached hydrogens (tertiary/aromatic N) is 7. The zero-order chi connectivity index (χ0) is 20.1. The molecule has 0 saturated carbocycles. The number of pyridine rings is 2. The van der Waals surface area contributed by atoms with Gasteiger partial charge in [0, 0.05) is 36.7 Å². The van der Waals surface area contributed by atoms with Crippen LogP contribution >= 0.6 is 0 Å². The molecule has 0 fully saturated rings. The molecule has 0 aromatic carbocycles. The van der Waals surface area contributed by atoms with Crippen LogP contribution in [0.25, 0.3) is 17.0 Å². The number of aromatic amines is 1. The molecule has 1 atom stereocenters. The lowest BCUT2D eigenvalue weighted by atomic mass is 10.0. The Hall–Kier alpha value is -4.01. The van der Waals surface area contributed by atoms with Gasteiger partial charge in [-0.15, -0.1) is 5.10 Å². The predicted octanol–water partition coefficient (Wildman–Crippen LogP) is 2.96. The summed E-state index contributed by atoms with van der Waals surface area (Å²) in [5.74, 6) is 0.440. The third-order valence-corrected chi connectivity index (χ3v) is 5.47. The lowest BCUT2D eigenvalue weighted by molar-refractivity contribution is 0.503. The van der Waals surface area contributed by atoms with Crippen LogP contribution in [0.15, 0.2) is 59.5 Å². The first-order valence-electron chi connectivity index (χ1n) is 9.76. The Kier molecular flexibility index (Phi) is 3.67. The van der Waals surface area contributed by atoms with Crippen LogP contribution in [0, 0.1) is 6.92 Å². The van der Waals surface area contributed by atoms with Crippen molar-refractivity contribution in [3.05, 3.63) is 77.9 Å². The monoisotopic (exact) mass is 398 g/mol. The number of imidazole rings is 1. The van der Waals surface area contributed by atoms with Gasteiger partial charge in [0.2, 0.25) is 0 Å². The molecule has 1 N–H and O–H groups in total. The van der Waals surface area contributed by atoms with Gasteiger partial charge in [0.25, 0.3) is 5.89 Å². The topological polar surface area (TPSA) is 101 Å². The fraction of sp³-hybridized carbons (Fsp3) is 0.190. The molecule has 9 heteroatoms. The van der Waals surface area contributed by atoms with E-state index in [4.69, 9.17) is 9.52 Å². The van der Waals surface area contributed by atoms with E-state index in [9.17, 15) is 0 Å². The molecule has 30 heavy (non-hydrogen) atoms. The normalized spacial score (nSPS) is 16.2. The summed E-state index contributed by atoms with van der Waals surface area (Å²) in [6, 6.07) is 12.2. The maximum Gasteiger partial charge on any atom is 0.319 e. The van der Waals surface area contributed by atoms with Gasteiger partial charge < -0.3 is 14.3 Å². The van der Waals surface area contributed by atoms with Crippen LogP contribution in [-0.4, -0.2) is 41.3 Å². The molecule has 5 aromatic heterocycles. The van der Waals surface area contributed by atoms with Crippen molar-refractivity contribution in [1.29, 1.82) is 0 Å². The van der Waals surface area contributed by atoms with E-state index in [0.29, 0.717) is 18.5 Å². The van der Waals surface area contributed by atoms with Crippen LogP contribution in [0.2, 0.25) is 0 Å². The largest absolute Gasteiger partial charge is 0.403 e. The Balaban J connectivity index is 1.46. The number of rotatable bonds is 3. The lowest BCUT2D eigenvalue weighted by Crippen LogP contribution is -2.37. The van der Waals surface area contributed by atoms with Gasteiger partial charge in [-0.2, -0.15) is 5.10 Å². The highest BCUT2D eigenvalue weighted by molar-refractivity contribution is 5.55. The van der Waals surface area contributed by atoms with Gasteiger partial charge in [-0.3, -0.25) is 4.98 Å². The quantitative estimate of drug-likeness (QED) is 0.498. The maximum absolute atomic E-state index is 6.04. The Morgan fingerprint density at radius 3 is 3.00 bits per heavy atom. The number of nitrogens with one attached hydrogen (secondary N) is 1. The molecule has 0 aliphatic carbocycles. The first-order valence-corrected chi connectivity index (χ1v) is 9.76. The Labute approximate surface area is 171 Å². The molecule has 0 radical (unpaired) electrons. The smallest absolute Gasteiger partial charge is 0.319 e. The minimum atomic E-state index is -0.221. The number of anilines is 1. The number of H-pyrrole nitrogens is 1. The minimum absolute atomic E-state index is 0.221. The van der Waals surface area contributed by atoms with Crippen molar-refractivity contribution in [2.75, 3.05) is 11.4 Å². The standard InChI is InChI=1S/C21H18N8O/c1-13-4-2-6-15-10-17(27-29(13)15)19-18-16(23-12-24-18)7-9-28(19)21-26-25-20(30-21)14-5-3-8-22-11-14/h2-6,8,10-12,19H,7,9H2,1H3,(H,23,24)/t19-/m0/s1. The maximum atomic E-state index is 6.04. The SMILES string of the molecule is Cc1cccc2cc([C@H]3c4nc[nH]c4CCN3c3nnc(-c4cccnc4)o3)nn12. The highest BCUT2D eigenvalue weighted by atomic mass is 16.4. The molecule has 5 aromatic rings. The van der Waals surface area contributed by atoms with Gasteiger partial charge in [0.05, 0.1) is 28.8 Å². The number of hydrogen-bond donors (Lipinski definition) is 1. The van der Waals surface area contributed by atoms with Gasteiger partial charge in [0.1, 0.15) is 6.04 Å². The van der Waals surface area contributed by atoms with Crippen LogP contribution in [-0.2, 0) is 6.42 Å². The molecule has 148 valence electrons. The summed E-state index contributed by atoms with van der Waals surface area (Å²) in [5, 5.41) is 13.4. The number of fused-ring (bicyclic) bond motifs is 2. The molecule has 0 spiro atoms. The molecule has 6 heterocycles. The second-order valence-corrected chi connectivity index (χ2v) is 7.32. The minimum Gasteiger partial charge on any atom is -0.403 e. The third kappa shape index (κ3) is 2.59. The molecular formula is C21H18N8O. The van der Waals surface area contributed by atoms with Crippen molar-refractivity contribution >= 4 is 11.5 Å². The fourth-order valence-electron chi connectivity index (χ4n) is 4.03. The average molecular weight is 398 g/mol. The zero-order valence-electron chi connectivity index (χ0n) is 16.2. The lowest BCUT2D eigenvalue weighted by Gasteiger charge is -2.32. The molecular weight excluding hydrogens is 380 g/mol. The number of hydrogen-bond acceptors (Lipinski definition) is 7. The number of aryl methyl sites for hydroxylation is 1. The molecule has 1 aliphatic rings. The van der Waals surface area contributed by atoms with Crippen LogP contribution in [0.3, 0.4) is 0 Å². The van der Waals surface area contributed by atoms with Crippen molar-refractivity contribution in [1.82, 2.24) is 34.8 Å². The summed E-state index contributed by atoms with van der Waals surface area (Å²) in [5.41, 5.74) is 5.82. The van der Waals surface area contributed by atoms with Crippen molar-refractivity contribution in [3.8, 4) is 11.5 Å². The Bertz CT molecular complexity index is 1340. The zero-order valence-corrected chi connectivity index (χ0v) is 16.2. The second kappa shape index (κ2) is 6.51.